The Bertz CT molecular complexity index is 273. The van der Waals surface area contributed by atoms with Crippen LogP contribution in [0, 0.1) is 6.42 Å². The molecule has 1 aromatic carbocycles. The summed E-state index contributed by atoms with van der Waals surface area (Å²) in [4.78, 5) is 0. The summed E-state index contributed by atoms with van der Waals surface area (Å²) in [7, 11) is -5.18. The fourth-order valence-corrected chi connectivity index (χ4v) is 1.12. The van der Waals surface area contributed by atoms with Crippen molar-refractivity contribution in [1.82, 2.24) is 0 Å². The molecule has 0 heterocycles. The summed E-state index contributed by atoms with van der Waals surface area (Å²) in [6.07, 6.45) is 0.479. The van der Waals surface area contributed by atoms with E-state index in [0.29, 0.717) is 0 Å². The van der Waals surface area contributed by atoms with Crippen LogP contribution in [0.15, 0.2) is 30.3 Å². The summed E-state index contributed by atoms with van der Waals surface area (Å²) < 4.78 is 39.3. The van der Waals surface area contributed by atoms with Crippen LogP contribution in [0.2, 0.25) is 0 Å². The van der Waals surface area contributed by atoms with Gasteiger partial charge in [0, 0.05) is 18.6 Å². The molecule has 1 nitrogen and oxygen atoms in total. The average molecular weight is 202 g/mol. The largest absolute Gasteiger partial charge is 0.638 e. The molecule has 1 rings (SSSR count). The van der Waals surface area contributed by atoms with E-state index in [1.807, 2.05) is 0 Å². The Hall–Kier alpha value is -1.10. The maximum atomic E-state index is 11.8. The summed E-state index contributed by atoms with van der Waals surface area (Å²) in [6, 6.07) is 8.78. The Morgan fingerprint density at radius 3 is 2.29 bits per heavy atom. The lowest BCUT2D eigenvalue weighted by Crippen LogP contribution is -2.27. The van der Waals surface area contributed by atoms with Gasteiger partial charge in [0.1, 0.15) is 5.56 Å². The first kappa shape index (κ1) is 11.0. The highest BCUT2D eigenvalue weighted by molar-refractivity contribution is 6.51. The highest BCUT2D eigenvalue weighted by atomic mass is 19.4. The van der Waals surface area contributed by atoms with Crippen molar-refractivity contribution in [3.63, 3.8) is 0 Å². The zero-order chi connectivity index (χ0) is 10.6. The molecule has 0 saturated carbocycles. The van der Waals surface area contributed by atoms with Gasteiger partial charge in [-0.1, -0.05) is 0 Å². The van der Waals surface area contributed by atoms with Gasteiger partial charge in [0.05, 0.1) is 6.10 Å². The molecule has 1 aromatic rings. The second-order valence-corrected chi connectivity index (χ2v) is 2.93. The molecule has 0 radical (unpaired) electrons. The fraction of sp³-hybridized carbons (Fsp3) is 0.222. The molecule has 0 aliphatic rings. The second kappa shape index (κ2) is 4.42. The van der Waals surface area contributed by atoms with Gasteiger partial charge in [0.15, 0.2) is 0 Å². The van der Waals surface area contributed by atoms with Crippen molar-refractivity contribution < 1.29 is 17.6 Å². The van der Waals surface area contributed by atoms with Crippen LogP contribution >= 0.6 is 0 Å². The third-order valence-electron chi connectivity index (χ3n) is 1.60. The van der Waals surface area contributed by atoms with E-state index < -0.39 is 13.3 Å². The summed E-state index contributed by atoms with van der Waals surface area (Å²) in [5.74, 6) is 0. The average Bonchev–Trinajstić information content (AvgIpc) is 2.02. The van der Waals surface area contributed by atoms with Gasteiger partial charge in [-0.3, -0.25) is 0 Å². The van der Waals surface area contributed by atoms with Crippen LogP contribution in [-0.4, -0.2) is 13.3 Å². The first-order valence-corrected chi connectivity index (χ1v) is 4.24. The Kier molecular flexibility index (Phi) is 3.46. The Morgan fingerprint density at radius 2 is 1.79 bits per heavy atom. The van der Waals surface area contributed by atoms with Gasteiger partial charge in [0.2, 0.25) is 0 Å². The van der Waals surface area contributed by atoms with Crippen molar-refractivity contribution in [3.8, 4) is 0 Å². The van der Waals surface area contributed by atoms with Crippen molar-refractivity contribution in [2.45, 2.75) is 13.0 Å². The Morgan fingerprint density at radius 1 is 1.21 bits per heavy atom. The maximum absolute atomic E-state index is 11.8. The molecular formula is C9H10BF3O. The molecule has 0 saturated heterocycles. The summed E-state index contributed by atoms with van der Waals surface area (Å²) in [6.45, 7) is 1.36. The third kappa shape index (κ3) is 4.23. The lowest BCUT2D eigenvalue weighted by Gasteiger charge is -2.20. The second-order valence-electron chi connectivity index (χ2n) is 2.93. The molecule has 0 fully saturated rings. The van der Waals surface area contributed by atoms with Gasteiger partial charge in [-0.15, -0.1) is 0 Å². The van der Waals surface area contributed by atoms with Gasteiger partial charge in [0.25, 0.3) is 0 Å². The van der Waals surface area contributed by atoms with E-state index >= 15 is 0 Å². The Balaban J connectivity index is 2.46. The minimum atomic E-state index is -5.18. The molecule has 0 aromatic heterocycles. The van der Waals surface area contributed by atoms with Crippen LogP contribution in [0.25, 0.3) is 0 Å². The van der Waals surface area contributed by atoms with Crippen LogP contribution in [0.3, 0.4) is 0 Å². The van der Waals surface area contributed by atoms with Crippen molar-refractivity contribution in [1.29, 1.82) is 0 Å². The molecular weight excluding hydrogens is 192 g/mol. The molecule has 0 bridgehead atoms. The van der Waals surface area contributed by atoms with E-state index in [4.69, 9.17) is 0 Å². The maximum Gasteiger partial charge on any atom is 0.638 e. The topological polar surface area (TPSA) is 9.23 Å². The van der Waals surface area contributed by atoms with Gasteiger partial charge < -0.3 is 17.6 Å². The van der Waals surface area contributed by atoms with Crippen molar-refractivity contribution >= 4 is 7.18 Å². The minimum absolute atomic E-state index is 0.722. The molecule has 0 aliphatic carbocycles. The lowest BCUT2D eigenvalue weighted by molar-refractivity contribution is 0.139. The molecule has 0 unspecified atom stereocenters. The van der Waals surface area contributed by atoms with Crippen LogP contribution in [0.4, 0.5) is 12.9 Å². The van der Waals surface area contributed by atoms with Gasteiger partial charge >= 0.3 is 7.18 Å². The number of benzene rings is 1. The van der Waals surface area contributed by atoms with E-state index in [0.717, 1.165) is 5.56 Å². The van der Waals surface area contributed by atoms with Crippen LogP contribution in [-0.2, 0) is 4.65 Å². The highest BCUT2D eigenvalue weighted by Gasteiger charge is 2.29. The zero-order valence-electron chi connectivity index (χ0n) is 7.66. The molecule has 0 aliphatic heterocycles. The summed E-state index contributed by atoms with van der Waals surface area (Å²) >= 11 is 0. The molecule has 5 heteroatoms. The van der Waals surface area contributed by atoms with E-state index in [1.165, 1.54) is 13.3 Å². The standard InChI is InChI=1S/C9H10BF3O/c1-8(14-10(11,12)13)7-9-5-3-2-4-6-9/h2-8H,1H3/t8-/m0/s1. The first-order valence-electron chi connectivity index (χ1n) is 4.24. The molecule has 0 spiro atoms. The molecule has 0 N–H and O–H groups in total. The van der Waals surface area contributed by atoms with E-state index in [9.17, 15) is 12.9 Å². The van der Waals surface area contributed by atoms with E-state index in [-0.39, 0.29) is 0 Å². The number of hydrogen-bond acceptors (Lipinski definition) is 1. The highest BCUT2D eigenvalue weighted by Crippen LogP contribution is 2.16. The van der Waals surface area contributed by atoms with Gasteiger partial charge in [-0.25, -0.2) is 0 Å². The quantitative estimate of drug-likeness (QED) is 0.538. The number of hydrogen-bond donors (Lipinski definition) is 0. The molecule has 76 valence electrons. The summed E-state index contributed by atoms with van der Waals surface area (Å²) in [5, 5.41) is 0. The molecule has 0 amide bonds. The third-order valence-corrected chi connectivity index (χ3v) is 1.60. The van der Waals surface area contributed by atoms with Crippen molar-refractivity contribution in [2.75, 3.05) is 0 Å². The first-order chi connectivity index (χ1) is 6.47. The monoisotopic (exact) mass is 202 g/mol. The molecule has 1 atom stereocenters. The van der Waals surface area contributed by atoms with Crippen molar-refractivity contribution in [2.24, 2.45) is 0 Å². The number of rotatable bonds is 4. The van der Waals surface area contributed by atoms with Crippen LogP contribution in [0.1, 0.15) is 12.5 Å². The van der Waals surface area contributed by atoms with Crippen LogP contribution < -0.4 is 0 Å². The normalized spacial score (nSPS) is 13.7. The number of halogens is 3. The summed E-state index contributed by atoms with van der Waals surface area (Å²) in [5.41, 5.74) is 0.722. The SMILES string of the molecule is C[C@@H]([CH+]c1ccccc1)O[B-](F)(F)F. The predicted octanol–water partition coefficient (Wildman–Crippen LogP) is 2.99. The fourth-order valence-electron chi connectivity index (χ4n) is 1.12. The van der Waals surface area contributed by atoms with E-state index in [1.54, 1.807) is 30.3 Å². The molecule has 14 heavy (non-hydrogen) atoms. The van der Waals surface area contributed by atoms with Crippen molar-refractivity contribution in [3.05, 3.63) is 42.3 Å². The lowest BCUT2D eigenvalue weighted by atomic mass is 10.1. The van der Waals surface area contributed by atoms with Gasteiger partial charge in [-0.05, 0) is 25.1 Å². The van der Waals surface area contributed by atoms with Gasteiger partial charge in [-0.2, -0.15) is 0 Å². The predicted molar refractivity (Wildman–Crippen MR) is 49.5 cm³/mol. The van der Waals surface area contributed by atoms with Crippen LogP contribution in [0.5, 0.6) is 0 Å². The minimum Gasteiger partial charge on any atom is -0.492 e. The smallest absolute Gasteiger partial charge is 0.492 e. The van der Waals surface area contributed by atoms with E-state index in [2.05, 4.69) is 4.65 Å². The Labute approximate surface area is 81.0 Å². The zero-order valence-corrected chi connectivity index (χ0v) is 7.66.